The summed E-state index contributed by atoms with van der Waals surface area (Å²) in [7, 11) is 0. The number of amides is 1. The summed E-state index contributed by atoms with van der Waals surface area (Å²) in [6.45, 7) is 1.52. The zero-order valence-corrected chi connectivity index (χ0v) is 18.0. The highest BCUT2D eigenvalue weighted by Crippen LogP contribution is 2.31. The summed E-state index contributed by atoms with van der Waals surface area (Å²) in [6.07, 6.45) is 0. The first-order valence-corrected chi connectivity index (χ1v) is 11.1. The Labute approximate surface area is 184 Å². The molecule has 1 N–H and O–H groups in total. The zero-order valence-electron chi connectivity index (χ0n) is 16.4. The van der Waals surface area contributed by atoms with Crippen molar-refractivity contribution in [1.29, 1.82) is 0 Å². The van der Waals surface area contributed by atoms with Gasteiger partial charge in [-0.2, -0.15) is 5.10 Å². The summed E-state index contributed by atoms with van der Waals surface area (Å²) < 4.78 is 8.01. The van der Waals surface area contributed by atoms with Crippen LogP contribution in [0.2, 0.25) is 0 Å². The maximum atomic E-state index is 12.5. The van der Waals surface area contributed by atoms with Crippen LogP contribution in [0.15, 0.2) is 60.7 Å². The van der Waals surface area contributed by atoms with Crippen LogP contribution in [0.5, 0.6) is 0 Å². The first-order chi connectivity index (χ1) is 15.1. The summed E-state index contributed by atoms with van der Waals surface area (Å²) in [4.78, 5) is 30.4. The summed E-state index contributed by atoms with van der Waals surface area (Å²) in [5, 5.41) is 8.61. The number of thiazole rings is 1. The number of nitrogens with one attached hydrogen (secondary N) is 1. The molecule has 2 aromatic carbocycles. The number of carbonyl (C=O) groups is 2. The van der Waals surface area contributed by atoms with Gasteiger partial charge >= 0.3 is 5.97 Å². The van der Waals surface area contributed by atoms with Gasteiger partial charge in [0.1, 0.15) is 9.71 Å². The summed E-state index contributed by atoms with van der Waals surface area (Å²) in [5.74, 6) is -0.972. The van der Waals surface area contributed by atoms with E-state index in [1.807, 2.05) is 66.2 Å². The van der Waals surface area contributed by atoms with Gasteiger partial charge in [-0.05, 0) is 37.3 Å². The highest BCUT2D eigenvalue weighted by atomic mass is 32.1. The van der Waals surface area contributed by atoms with E-state index in [0.717, 1.165) is 31.8 Å². The molecule has 0 bridgehead atoms. The number of hydrogen-bond donors (Lipinski definition) is 1. The van der Waals surface area contributed by atoms with Crippen LogP contribution in [0.4, 0.5) is 5.13 Å². The van der Waals surface area contributed by atoms with E-state index in [1.165, 1.54) is 22.7 Å². The monoisotopic (exact) mass is 448 g/mol. The minimum absolute atomic E-state index is 0.382. The van der Waals surface area contributed by atoms with E-state index in [2.05, 4.69) is 15.4 Å². The molecule has 0 spiro atoms. The predicted molar refractivity (Wildman–Crippen MR) is 122 cm³/mol. The number of fused-ring (bicyclic) bond motifs is 2. The third-order valence-corrected chi connectivity index (χ3v) is 6.66. The SMILES string of the molecule is Cc1nn(-c2ccccc2)c2sc(C(=O)OCC(=O)Nc3nc4ccccc4s3)cc12. The molecule has 0 radical (unpaired) electrons. The van der Waals surface area contributed by atoms with Crippen molar-refractivity contribution in [2.24, 2.45) is 0 Å². The van der Waals surface area contributed by atoms with Crippen LogP contribution in [-0.2, 0) is 9.53 Å². The van der Waals surface area contributed by atoms with Gasteiger partial charge in [-0.25, -0.2) is 14.5 Å². The Kier molecular flexibility index (Phi) is 4.97. The Morgan fingerprint density at radius 3 is 2.65 bits per heavy atom. The third-order valence-electron chi connectivity index (χ3n) is 4.62. The number of nitrogens with zero attached hydrogens (tertiary/aromatic N) is 3. The molecule has 0 saturated carbocycles. The van der Waals surface area contributed by atoms with Crippen LogP contribution in [-0.4, -0.2) is 33.2 Å². The number of para-hydroxylation sites is 2. The molecular formula is C22H16N4O3S2. The van der Waals surface area contributed by atoms with Crippen LogP contribution < -0.4 is 5.32 Å². The summed E-state index contributed by atoms with van der Waals surface area (Å²) >= 11 is 2.66. The van der Waals surface area contributed by atoms with Gasteiger partial charge in [0, 0.05) is 5.39 Å². The van der Waals surface area contributed by atoms with Gasteiger partial charge in [0.15, 0.2) is 11.7 Å². The molecule has 3 aromatic heterocycles. The number of anilines is 1. The molecule has 31 heavy (non-hydrogen) atoms. The molecule has 0 saturated heterocycles. The van der Waals surface area contributed by atoms with Gasteiger partial charge in [-0.15, -0.1) is 11.3 Å². The zero-order chi connectivity index (χ0) is 21.4. The lowest BCUT2D eigenvalue weighted by Crippen LogP contribution is -2.20. The largest absolute Gasteiger partial charge is 0.451 e. The fourth-order valence-electron chi connectivity index (χ4n) is 3.18. The van der Waals surface area contributed by atoms with Crippen LogP contribution >= 0.6 is 22.7 Å². The normalized spacial score (nSPS) is 11.1. The van der Waals surface area contributed by atoms with Crippen molar-refractivity contribution in [1.82, 2.24) is 14.8 Å². The Balaban J connectivity index is 1.28. The molecule has 154 valence electrons. The predicted octanol–water partition coefficient (Wildman–Crippen LogP) is 4.80. The van der Waals surface area contributed by atoms with Crippen molar-refractivity contribution in [3.63, 3.8) is 0 Å². The molecule has 7 nitrogen and oxygen atoms in total. The Morgan fingerprint density at radius 2 is 1.84 bits per heavy atom. The van der Waals surface area contributed by atoms with Crippen LogP contribution in [0.1, 0.15) is 15.4 Å². The average Bonchev–Trinajstić information content (AvgIpc) is 3.47. The molecule has 5 aromatic rings. The van der Waals surface area contributed by atoms with E-state index < -0.39 is 11.9 Å². The maximum Gasteiger partial charge on any atom is 0.348 e. The Hall–Kier alpha value is -3.56. The van der Waals surface area contributed by atoms with Gasteiger partial charge in [0.25, 0.3) is 5.91 Å². The van der Waals surface area contributed by atoms with Crippen LogP contribution in [0, 0.1) is 6.92 Å². The molecule has 0 aliphatic rings. The number of rotatable bonds is 5. The lowest BCUT2D eigenvalue weighted by Gasteiger charge is -2.03. The molecule has 0 atom stereocenters. The molecule has 0 aliphatic heterocycles. The number of aromatic nitrogens is 3. The first kappa shape index (κ1) is 19.4. The van der Waals surface area contributed by atoms with Gasteiger partial charge in [0.05, 0.1) is 21.6 Å². The van der Waals surface area contributed by atoms with Crippen molar-refractivity contribution in [3.05, 3.63) is 71.2 Å². The van der Waals surface area contributed by atoms with E-state index in [1.54, 1.807) is 6.07 Å². The van der Waals surface area contributed by atoms with Crippen molar-refractivity contribution < 1.29 is 14.3 Å². The quantitative estimate of drug-likeness (QED) is 0.390. The second-order valence-corrected chi connectivity index (χ2v) is 8.83. The van der Waals surface area contributed by atoms with E-state index in [4.69, 9.17) is 4.74 Å². The van der Waals surface area contributed by atoms with E-state index >= 15 is 0 Å². The van der Waals surface area contributed by atoms with Crippen LogP contribution in [0.3, 0.4) is 0 Å². The number of carbonyl (C=O) groups excluding carboxylic acids is 2. The average molecular weight is 449 g/mol. The van der Waals surface area contributed by atoms with Crippen molar-refractivity contribution in [2.75, 3.05) is 11.9 Å². The van der Waals surface area contributed by atoms with E-state index in [0.29, 0.717) is 10.0 Å². The summed E-state index contributed by atoms with van der Waals surface area (Å²) in [5.41, 5.74) is 2.55. The maximum absolute atomic E-state index is 12.5. The molecule has 1 amide bonds. The minimum atomic E-state index is -0.542. The van der Waals surface area contributed by atoms with Gasteiger partial charge in [0.2, 0.25) is 0 Å². The van der Waals surface area contributed by atoms with E-state index in [-0.39, 0.29) is 6.61 Å². The first-order valence-electron chi connectivity index (χ1n) is 9.45. The molecular weight excluding hydrogens is 432 g/mol. The second-order valence-electron chi connectivity index (χ2n) is 6.77. The second kappa shape index (κ2) is 7.93. The number of ether oxygens (including phenoxy) is 1. The molecule has 9 heteroatoms. The lowest BCUT2D eigenvalue weighted by molar-refractivity contribution is -0.119. The Morgan fingerprint density at radius 1 is 1.06 bits per heavy atom. The third kappa shape index (κ3) is 3.80. The Bertz CT molecular complexity index is 1390. The number of hydrogen-bond acceptors (Lipinski definition) is 7. The highest BCUT2D eigenvalue weighted by Gasteiger charge is 2.19. The smallest absolute Gasteiger partial charge is 0.348 e. The summed E-state index contributed by atoms with van der Waals surface area (Å²) in [6, 6.07) is 19.1. The van der Waals surface area contributed by atoms with Crippen molar-refractivity contribution in [3.8, 4) is 5.69 Å². The standard InChI is InChI=1S/C22H16N4O3S2/c1-13-15-11-18(30-20(15)26(25-13)14-7-3-2-4-8-14)21(28)29-12-19(27)24-22-23-16-9-5-6-10-17(16)31-22/h2-11H,12H2,1H3,(H,23,24,27). The minimum Gasteiger partial charge on any atom is -0.451 e. The van der Waals surface area contributed by atoms with Crippen LogP contribution in [0.25, 0.3) is 26.1 Å². The lowest BCUT2D eigenvalue weighted by atomic mass is 10.3. The number of thiophene rings is 1. The van der Waals surface area contributed by atoms with Gasteiger partial charge < -0.3 is 4.74 Å². The molecule has 3 heterocycles. The number of benzene rings is 2. The number of aryl methyl sites for hydroxylation is 1. The molecule has 0 aliphatic carbocycles. The fraction of sp³-hybridized carbons (Fsp3) is 0.0909. The highest BCUT2D eigenvalue weighted by molar-refractivity contribution is 7.22. The van der Waals surface area contributed by atoms with Gasteiger partial charge in [-0.1, -0.05) is 41.7 Å². The number of esters is 1. The van der Waals surface area contributed by atoms with Crippen molar-refractivity contribution in [2.45, 2.75) is 6.92 Å². The fourth-order valence-corrected chi connectivity index (χ4v) is 5.13. The van der Waals surface area contributed by atoms with Crippen molar-refractivity contribution >= 4 is 60.1 Å². The molecule has 0 unspecified atom stereocenters. The van der Waals surface area contributed by atoms with E-state index in [9.17, 15) is 9.59 Å². The topological polar surface area (TPSA) is 86.1 Å². The van der Waals surface area contributed by atoms with Gasteiger partial charge in [-0.3, -0.25) is 10.1 Å². The molecule has 0 fully saturated rings. The molecule has 5 rings (SSSR count).